The molecule has 1 atom stereocenters. The summed E-state index contributed by atoms with van der Waals surface area (Å²) in [7, 11) is 0. The van der Waals surface area contributed by atoms with E-state index in [1.54, 1.807) is 12.4 Å². The molecule has 164 valence electrons. The van der Waals surface area contributed by atoms with Gasteiger partial charge in [-0.2, -0.15) is 10.2 Å². The Morgan fingerprint density at radius 2 is 2.00 bits per heavy atom. The first-order valence-electron chi connectivity index (χ1n) is 11.3. The fourth-order valence-corrected chi connectivity index (χ4v) is 5.51. The van der Waals surface area contributed by atoms with Gasteiger partial charge in [0, 0.05) is 68.0 Å². The van der Waals surface area contributed by atoms with Crippen LogP contribution >= 0.6 is 0 Å². The van der Waals surface area contributed by atoms with Crippen molar-refractivity contribution in [1.82, 2.24) is 25.0 Å². The maximum atomic E-state index is 11.9. The van der Waals surface area contributed by atoms with Gasteiger partial charge in [-0.1, -0.05) is 0 Å². The Balaban J connectivity index is 1.18. The van der Waals surface area contributed by atoms with Crippen molar-refractivity contribution >= 4 is 11.9 Å². The topological polar surface area (TPSA) is 74.7 Å². The van der Waals surface area contributed by atoms with Crippen LogP contribution in [0.25, 0.3) is 11.1 Å². The van der Waals surface area contributed by atoms with Crippen molar-refractivity contribution in [1.29, 1.82) is 0 Å². The maximum absolute atomic E-state index is 11.9. The number of hydrogen-bond donors (Lipinski definition) is 0. The van der Waals surface area contributed by atoms with Crippen molar-refractivity contribution in [2.24, 2.45) is 5.41 Å². The molecule has 2 saturated heterocycles. The lowest BCUT2D eigenvalue weighted by Crippen LogP contribution is -2.58. The molecule has 1 aliphatic carbocycles. The molecule has 8 nitrogen and oxygen atoms in total. The predicted molar refractivity (Wildman–Crippen MR) is 118 cm³/mol. The number of nitrogens with zero attached hydrogens (tertiary/aromatic N) is 6. The third-order valence-electron chi connectivity index (χ3n) is 7.07. The second-order valence-corrected chi connectivity index (χ2v) is 8.98. The first kappa shape index (κ1) is 20.2. The zero-order chi connectivity index (χ0) is 21.3. The molecule has 0 radical (unpaired) electrons. The van der Waals surface area contributed by atoms with Gasteiger partial charge in [0.2, 0.25) is 0 Å². The van der Waals surface area contributed by atoms with E-state index in [1.807, 2.05) is 30.2 Å². The number of carbonyl (C=O) groups is 1. The smallest absolute Gasteiger partial charge is 0.409 e. The second kappa shape index (κ2) is 8.42. The van der Waals surface area contributed by atoms with Gasteiger partial charge in [-0.05, 0) is 44.4 Å². The lowest BCUT2D eigenvalue weighted by Gasteiger charge is -2.48. The average Bonchev–Trinajstić information content (AvgIpc) is 3.25. The highest BCUT2D eigenvalue weighted by Crippen LogP contribution is 2.47. The maximum Gasteiger partial charge on any atom is 0.409 e. The number of likely N-dealkylation sites (tertiary alicyclic amines) is 1. The summed E-state index contributed by atoms with van der Waals surface area (Å²) in [6.07, 6.45) is 8.88. The number of hydrogen-bond acceptors (Lipinski definition) is 7. The molecule has 2 aromatic heterocycles. The number of piperazine rings is 1. The van der Waals surface area contributed by atoms with Crippen LogP contribution in [0.1, 0.15) is 26.2 Å². The summed E-state index contributed by atoms with van der Waals surface area (Å²) in [5.41, 5.74) is 2.48. The predicted octanol–water partition coefficient (Wildman–Crippen LogP) is 2.67. The molecule has 2 aliphatic heterocycles. The monoisotopic (exact) mass is 422 g/mol. The molecule has 4 heterocycles. The highest BCUT2D eigenvalue weighted by molar-refractivity contribution is 5.75. The molecular formula is C23H30N6O2. The molecule has 8 heteroatoms. The van der Waals surface area contributed by atoms with Crippen molar-refractivity contribution in [3.05, 3.63) is 36.8 Å². The number of anilines is 1. The van der Waals surface area contributed by atoms with Gasteiger partial charge in [0.15, 0.2) is 0 Å². The summed E-state index contributed by atoms with van der Waals surface area (Å²) in [5.74, 6) is 1.03. The van der Waals surface area contributed by atoms with Crippen molar-refractivity contribution in [2.75, 3.05) is 50.8 Å². The van der Waals surface area contributed by atoms with Crippen LogP contribution in [0.3, 0.4) is 0 Å². The van der Waals surface area contributed by atoms with Crippen LogP contribution in [0.2, 0.25) is 0 Å². The first-order valence-corrected chi connectivity index (χ1v) is 11.3. The van der Waals surface area contributed by atoms with Crippen LogP contribution in [-0.2, 0) is 4.74 Å². The summed E-state index contributed by atoms with van der Waals surface area (Å²) in [6.45, 7) is 8.08. The van der Waals surface area contributed by atoms with Gasteiger partial charge in [-0.15, -0.1) is 0 Å². The van der Waals surface area contributed by atoms with Gasteiger partial charge in [0.25, 0.3) is 0 Å². The first-order chi connectivity index (χ1) is 15.2. The Bertz CT molecular complexity index is 909. The lowest BCUT2D eigenvalue weighted by molar-refractivity contribution is -0.00294. The van der Waals surface area contributed by atoms with Crippen LogP contribution in [0, 0.1) is 5.41 Å². The van der Waals surface area contributed by atoms with Crippen molar-refractivity contribution in [3.63, 3.8) is 0 Å². The highest BCUT2D eigenvalue weighted by atomic mass is 16.6. The summed E-state index contributed by atoms with van der Waals surface area (Å²) >= 11 is 0. The molecule has 0 bridgehead atoms. The van der Waals surface area contributed by atoms with Crippen LogP contribution in [0.15, 0.2) is 36.8 Å². The van der Waals surface area contributed by atoms with E-state index in [9.17, 15) is 4.79 Å². The minimum absolute atomic E-state index is 0.152. The minimum Gasteiger partial charge on any atom is -0.450 e. The van der Waals surface area contributed by atoms with Crippen LogP contribution in [-0.4, -0.2) is 83.0 Å². The van der Waals surface area contributed by atoms with E-state index >= 15 is 0 Å². The van der Waals surface area contributed by atoms with Gasteiger partial charge in [-0.25, -0.2) is 9.78 Å². The molecule has 5 rings (SSSR count). The standard InChI is InChI=1S/C23H30N6O2/c1-2-31-22(30)29-16-23(17-29)7-5-19(14-23)27-10-12-28(13-11-27)21-20(4-3-8-24-21)18-6-9-25-26-15-18/h3-4,6,8-9,15,19H,2,5,7,10-14,16-17H2,1H3. The molecule has 0 N–H and O–H groups in total. The SMILES string of the molecule is CCOC(=O)N1CC2(CCC(N3CCN(c4ncccc4-c4ccnnc4)CC3)C2)C1. The Kier molecular flexibility index (Phi) is 5.48. The zero-order valence-electron chi connectivity index (χ0n) is 18.1. The molecule has 1 unspecified atom stereocenters. The molecule has 3 aliphatic rings. The normalized spacial score (nSPS) is 23.1. The Labute approximate surface area is 183 Å². The Morgan fingerprint density at radius 1 is 1.16 bits per heavy atom. The average molecular weight is 423 g/mol. The number of carbonyl (C=O) groups excluding carboxylic acids is 1. The molecule has 3 fully saturated rings. The van der Waals surface area contributed by atoms with E-state index in [-0.39, 0.29) is 6.09 Å². The summed E-state index contributed by atoms with van der Waals surface area (Å²) in [5, 5.41) is 7.92. The number of ether oxygens (including phenoxy) is 1. The van der Waals surface area contributed by atoms with Gasteiger partial charge in [-0.3, -0.25) is 4.90 Å². The summed E-state index contributed by atoms with van der Waals surface area (Å²) in [6, 6.07) is 6.70. The molecule has 31 heavy (non-hydrogen) atoms. The fourth-order valence-electron chi connectivity index (χ4n) is 5.51. The van der Waals surface area contributed by atoms with Gasteiger partial charge < -0.3 is 14.5 Å². The van der Waals surface area contributed by atoms with Crippen LogP contribution in [0.4, 0.5) is 10.6 Å². The van der Waals surface area contributed by atoms with Gasteiger partial charge >= 0.3 is 6.09 Å². The minimum atomic E-state index is -0.152. The largest absolute Gasteiger partial charge is 0.450 e. The van der Waals surface area contributed by atoms with Crippen LogP contribution in [0.5, 0.6) is 0 Å². The molecular weight excluding hydrogens is 392 g/mol. The van der Waals surface area contributed by atoms with Crippen molar-refractivity contribution in [2.45, 2.75) is 32.2 Å². The van der Waals surface area contributed by atoms with E-state index in [0.717, 1.165) is 56.2 Å². The quantitative estimate of drug-likeness (QED) is 0.750. The Hall–Kier alpha value is -2.74. The van der Waals surface area contributed by atoms with Gasteiger partial charge in [0.1, 0.15) is 5.82 Å². The van der Waals surface area contributed by atoms with Crippen LogP contribution < -0.4 is 4.90 Å². The molecule has 1 amide bonds. The number of aromatic nitrogens is 3. The third kappa shape index (κ3) is 3.96. The van der Waals surface area contributed by atoms with E-state index in [4.69, 9.17) is 9.72 Å². The summed E-state index contributed by atoms with van der Waals surface area (Å²) < 4.78 is 5.14. The molecule has 1 saturated carbocycles. The van der Waals surface area contributed by atoms with E-state index < -0.39 is 0 Å². The lowest BCUT2D eigenvalue weighted by atomic mass is 9.78. The zero-order valence-corrected chi connectivity index (χ0v) is 18.1. The number of rotatable bonds is 4. The second-order valence-electron chi connectivity index (χ2n) is 8.98. The van der Waals surface area contributed by atoms with E-state index in [2.05, 4.69) is 26.1 Å². The van der Waals surface area contributed by atoms with Crippen molar-refractivity contribution in [3.8, 4) is 11.1 Å². The third-order valence-corrected chi connectivity index (χ3v) is 7.07. The highest BCUT2D eigenvalue weighted by Gasteiger charge is 2.51. The van der Waals surface area contributed by atoms with E-state index in [1.165, 1.54) is 19.3 Å². The van der Waals surface area contributed by atoms with E-state index in [0.29, 0.717) is 18.1 Å². The Morgan fingerprint density at radius 3 is 2.74 bits per heavy atom. The molecule has 0 aromatic carbocycles. The summed E-state index contributed by atoms with van der Waals surface area (Å²) in [4.78, 5) is 23.5. The number of amides is 1. The molecule has 1 spiro atoms. The number of pyridine rings is 1. The molecule has 2 aromatic rings. The fraction of sp³-hybridized carbons (Fsp3) is 0.565. The van der Waals surface area contributed by atoms with Crippen molar-refractivity contribution < 1.29 is 9.53 Å². The van der Waals surface area contributed by atoms with Gasteiger partial charge in [0.05, 0.1) is 19.0 Å².